The number of aryl methyl sites for hydroxylation is 6. The summed E-state index contributed by atoms with van der Waals surface area (Å²) in [6.07, 6.45) is 9.61. The van der Waals surface area contributed by atoms with E-state index >= 15 is 0 Å². The zero-order valence-corrected chi connectivity index (χ0v) is 52.3. The smallest absolute Gasteiger partial charge is 0.373 e. The lowest BCUT2D eigenvalue weighted by atomic mass is 9.69. The average Bonchev–Trinajstić information content (AvgIpc) is 3.55. The van der Waals surface area contributed by atoms with Crippen molar-refractivity contribution in [3.05, 3.63) is 188 Å². The van der Waals surface area contributed by atoms with Gasteiger partial charge in [-0.05, 0) is 176 Å². The Bertz CT molecular complexity index is 3220. The van der Waals surface area contributed by atoms with Crippen LogP contribution in [-0.2, 0) is 56.7 Å². The van der Waals surface area contributed by atoms with E-state index in [2.05, 4.69) is 234 Å². The van der Waals surface area contributed by atoms with E-state index in [1.54, 1.807) is 0 Å². The fraction of sp³-hybridized carbons (Fsp3) is 0.425. The highest BCUT2D eigenvalue weighted by Crippen LogP contribution is 2.43. The van der Waals surface area contributed by atoms with Crippen molar-refractivity contribution in [1.82, 2.24) is 0 Å². The molecule has 2 heterocycles. The first-order valence-electron chi connectivity index (χ1n) is 29.5. The summed E-state index contributed by atoms with van der Waals surface area (Å²) < 4.78 is 17.7. The van der Waals surface area contributed by atoms with Crippen molar-refractivity contribution in [3.8, 4) is 45.9 Å². The van der Waals surface area contributed by atoms with Gasteiger partial charge in [-0.2, -0.15) is 19.2 Å². The van der Waals surface area contributed by atoms with Gasteiger partial charge in [-0.25, -0.2) is 0 Å². The van der Waals surface area contributed by atoms with Crippen LogP contribution in [0.1, 0.15) is 160 Å². The topological polar surface area (TPSA) is 116 Å². The molecule has 2 aliphatic rings. The molecule has 1 N–H and O–H groups in total. The number of hydrogen-bond donors (Lipinski definition) is 1. The van der Waals surface area contributed by atoms with Gasteiger partial charge >= 0.3 is 12.3 Å². The van der Waals surface area contributed by atoms with Crippen LogP contribution in [0.25, 0.3) is 22.3 Å². The highest BCUT2D eigenvalue weighted by atomic mass is 28.4. The normalized spacial score (nSPS) is 14.4. The molecule has 0 radical (unpaired) electrons. The molecule has 0 spiro atoms. The lowest BCUT2D eigenvalue weighted by Crippen LogP contribution is -2.45. The van der Waals surface area contributed by atoms with E-state index < -0.39 is 13.9 Å². The second kappa shape index (κ2) is 30.5. The van der Waals surface area contributed by atoms with E-state index in [9.17, 15) is 5.11 Å². The zero-order chi connectivity index (χ0) is 60.1. The van der Waals surface area contributed by atoms with Crippen LogP contribution in [0.4, 0.5) is 0 Å². The van der Waals surface area contributed by atoms with Crippen LogP contribution < -0.4 is 0 Å². The van der Waals surface area contributed by atoms with Gasteiger partial charge in [-0.15, -0.1) is 0 Å². The summed E-state index contributed by atoms with van der Waals surface area (Å²) in [6.45, 7) is 31.8. The van der Waals surface area contributed by atoms with Gasteiger partial charge in [0.15, 0.2) is 8.32 Å². The summed E-state index contributed by atoms with van der Waals surface area (Å²) in [4.78, 5) is 32.5. The molecule has 6 aromatic rings. The SMILES string of the molecule is CCc1ccc(-c2ccc(C(CC)(CC)c3ccc(C#CC4(O)CCOCC4)c(C)c3)cc2C)cc1.CCc1ccc(-c2ccc(C(CC)(CC)c3ccc(C#CC4(O[Si](C)(C)C)CCOCC4)c(C)c3)cc2C)cc1.O=C=O.O=C=O. The molecule has 9 heteroatoms. The minimum atomic E-state index is -1.74. The van der Waals surface area contributed by atoms with Crippen LogP contribution in [0, 0.1) is 51.4 Å². The van der Waals surface area contributed by atoms with E-state index in [-0.39, 0.29) is 28.7 Å². The lowest BCUT2D eigenvalue weighted by molar-refractivity contribution is -0.193. The number of carbonyl (C=O) groups excluding carboxylic acids is 4. The largest absolute Gasteiger partial charge is 0.401 e. The Kier molecular flexibility index (Phi) is 24.6. The molecule has 2 saturated heterocycles. The second-order valence-corrected chi connectivity index (χ2v) is 27.4. The molecule has 82 heavy (non-hydrogen) atoms. The third-order valence-corrected chi connectivity index (χ3v) is 17.9. The van der Waals surface area contributed by atoms with E-state index in [1.807, 2.05) is 0 Å². The molecule has 2 aliphatic heterocycles. The van der Waals surface area contributed by atoms with Crippen molar-refractivity contribution in [3.63, 3.8) is 0 Å². The van der Waals surface area contributed by atoms with E-state index in [1.165, 1.54) is 72.3 Å². The molecular formula is C73H88O8Si. The van der Waals surface area contributed by atoms with Crippen molar-refractivity contribution >= 4 is 20.6 Å². The van der Waals surface area contributed by atoms with Crippen molar-refractivity contribution < 1.29 is 38.2 Å². The molecule has 0 amide bonds. The van der Waals surface area contributed by atoms with Crippen molar-refractivity contribution in [2.45, 2.75) is 175 Å². The fourth-order valence-electron chi connectivity index (χ4n) is 11.8. The minimum Gasteiger partial charge on any atom is -0.401 e. The molecule has 2 fully saturated rings. The molecule has 6 aromatic carbocycles. The zero-order valence-electron chi connectivity index (χ0n) is 51.3. The maximum Gasteiger partial charge on any atom is 0.373 e. The van der Waals surface area contributed by atoms with Crippen molar-refractivity contribution in [1.29, 1.82) is 0 Å². The predicted octanol–water partition coefficient (Wildman–Crippen LogP) is 15.8. The summed E-state index contributed by atoms with van der Waals surface area (Å²) in [5, 5.41) is 10.7. The highest BCUT2D eigenvalue weighted by molar-refractivity contribution is 6.69. The van der Waals surface area contributed by atoms with Crippen LogP contribution in [0.3, 0.4) is 0 Å². The minimum absolute atomic E-state index is 0.0328. The van der Waals surface area contributed by atoms with Crippen LogP contribution in [0.5, 0.6) is 0 Å². The van der Waals surface area contributed by atoms with Crippen molar-refractivity contribution in [2.75, 3.05) is 26.4 Å². The molecule has 0 unspecified atom stereocenters. The summed E-state index contributed by atoms with van der Waals surface area (Å²) in [5.74, 6) is 13.5. The Balaban J connectivity index is 0.000000276. The Hall–Kier alpha value is -6.74. The maximum absolute atomic E-state index is 10.7. The molecule has 8 nitrogen and oxygen atoms in total. The second-order valence-electron chi connectivity index (χ2n) is 22.9. The number of aliphatic hydroxyl groups is 1. The Morgan fingerprint density at radius 1 is 0.476 bits per heavy atom. The van der Waals surface area contributed by atoms with Gasteiger partial charge in [0, 0.05) is 47.6 Å². The summed E-state index contributed by atoms with van der Waals surface area (Å²) >= 11 is 0. The summed E-state index contributed by atoms with van der Waals surface area (Å²) in [5.41, 5.74) is 19.1. The standard InChI is InChI=1S/C37H48O2Si.C34H40O2.2CO2/c1-9-30-12-14-32(15-13-30)35-19-18-34(27-29(35)5)37(10-2,11-3)33-17-16-31(28(4)26-33)20-21-36(39-40(6,7)8)22-24-38-25-23-36;1-6-27-9-11-29(12-10-27)32-16-15-31(24-26(32)5)34(7-2,8-3)30-14-13-28(25(4)23-30)17-18-33(35)19-21-36-22-20-33;2*2-1-3/h12-19,26-27H,9-11,22-25H2,1-8H3;9-16,23-24,35H,6-8,19-22H2,1-5H3;;. The Morgan fingerprint density at radius 2 is 0.805 bits per heavy atom. The first-order valence-corrected chi connectivity index (χ1v) is 32.9. The van der Waals surface area contributed by atoms with Crippen LogP contribution in [-0.4, -0.2) is 63.4 Å². The molecule has 432 valence electrons. The van der Waals surface area contributed by atoms with Crippen molar-refractivity contribution in [2.24, 2.45) is 0 Å². The first kappa shape index (κ1) is 66.1. The highest BCUT2D eigenvalue weighted by Gasteiger charge is 2.37. The van der Waals surface area contributed by atoms with E-state index in [4.69, 9.17) is 33.1 Å². The molecular weight excluding hydrogens is 1030 g/mol. The summed E-state index contributed by atoms with van der Waals surface area (Å²) in [7, 11) is -1.74. The van der Waals surface area contributed by atoms with Crippen LogP contribution >= 0.6 is 0 Å². The number of benzene rings is 6. The van der Waals surface area contributed by atoms with Gasteiger partial charge < -0.3 is 19.0 Å². The number of hydrogen-bond acceptors (Lipinski definition) is 8. The molecule has 0 bridgehead atoms. The Labute approximate surface area is 492 Å². The quantitative estimate of drug-likeness (QED) is 0.0847. The fourth-order valence-corrected chi connectivity index (χ4v) is 13.2. The average molecular weight is 1120 g/mol. The number of rotatable bonds is 14. The monoisotopic (exact) mass is 1120 g/mol. The summed E-state index contributed by atoms with van der Waals surface area (Å²) in [6, 6.07) is 45.7. The van der Waals surface area contributed by atoms with Gasteiger partial charge in [0.25, 0.3) is 0 Å². The molecule has 0 atom stereocenters. The van der Waals surface area contributed by atoms with Gasteiger partial charge in [-0.3, -0.25) is 0 Å². The van der Waals surface area contributed by atoms with Crippen LogP contribution in [0.2, 0.25) is 19.6 Å². The van der Waals surface area contributed by atoms with Gasteiger partial charge in [0.2, 0.25) is 0 Å². The molecule has 0 aliphatic carbocycles. The predicted molar refractivity (Wildman–Crippen MR) is 333 cm³/mol. The van der Waals surface area contributed by atoms with E-state index in [0.717, 1.165) is 81.3 Å². The Morgan fingerprint density at radius 3 is 1.12 bits per heavy atom. The first-order chi connectivity index (χ1) is 39.2. The third kappa shape index (κ3) is 16.7. The maximum atomic E-state index is 10.7. The third-order valence-electron chi connectivity index (χ3n) is 16.9. The van der Waals surface area contributed by atoms with Crippen LogP contribution in [0.15, 0.2) is 121 Å². The molecule has 8 rings (SSSR count). The van der Waals surface area contributed by atoms with Gasteiger partial charge in [0.1, 0.15) is 11.2 Å². The number of ether oxygens (including phenoxy) is 2. The molecule has 0 aromatic heterocycles. The van der Waals surface area contributed by atoms with E-state index in [0.29, 0.717) is 26.1 Å². The molecule has 0 saturated carbocycles. The van der Waals surface area contributed by atoms with Gasteiger partial charge in [-0.1, -0.05) is 174 Å². The lowest BCUT2D eigenvalue weighted by Gasteiger charge is -2.38. The van der Waals surface area contributed by atoms with Gasteiger partial charge in [0.05, 0.1) is 26.4 Å².